The van der Waals surface area contributed by atoms with Gasteiger partial charge in [-0.25, -0.2) is 9.37 Å². The van der Waals surface area contributed by atoms with Crippen molar-refractivity contribution in [1.29, 1.82) is 0 Å². The Balaban J connectivity index is 1.12. The van der Waals surface area contributed by atoms with Gasteiger partial charge in [0, 0.05) is 49.3 Å². The first-order valence-corrected chi connectivity index (χ1v) is 16.0. The van der Waals surface area contributed by atoms with E-state index in [1.54, 1.807) is 23.4 Å². The van der Waals surface area contributed by atoms with E-state index in [0.29, 0.717) is 42.1 Å². The van der Waals surface area contributed by atoms with Crippen LogP contribution in [0.5, 0.6) is 17.4 Å². The van der Waals surface area contributed by atoms with Gasteiger partial charge in [-0.1, -0.05) is 36.8 Å². The number of carbonyl (C=O) groups is 2. The molecule has 2 amide bonds. The van der Waals surface area contributed by atoms with Gasteiger partial charge < -0.3 is 19.3 Å². The first-order chi connectivity index (χ1) is 22.0. The van der Waals surface area contributed by atoms with Gasteiger partial charge in [0.25, 0.3) is 5.91 Å². The minimum Gasteiger partial charge on any atom is -0.480 e. The van der Waals surface area contributed by atoms with Gasteiger partial charge in [0.1, 0.15) is 5.75 Å². The number of amides is 2. The number of benzene rings is 2. The van der Waals surface area contributed by atoms with Gasteiger partial charge >= 0.3 is 0 Å². The molecule has 2 atom stereocenters. The molecule has 4 aromatic rings. The SMILES string of the molecule is O=C(CN(C[C@@H](c1ccccc1)C1CCC1)C(=O)C1CCc2cc(F)c(Oc3ccc4ccncc4n3)cc2O1)N1CCCC1. The van der Waals surface area contributed by atoms with Crippen molar-refractivity contribution in [2.75, 3.05) is 26.2 Å². The first kappa shape index (κ1) is 29.2. The van der Waals surface area contributed by atoms with Crippen molar-refractivity contribution in [3.8, 4) is 17.4 Å². The van der Waals surface area contributed by atoms with Crippen molar-refractivity contribution in [3.05, 3.63) is 90.0 Å². The Hall–Kier alpha value is -4.53. The molecule has 2 aromatic carbocycles. The fourth-order valence-corrected chi connectivity index (χ4v) is 6.72. The van der Waals surface area contributed by atoms with Crippen molar-refractivity contribution >= 4 is 22.7 Å². The lowest BCUT2D eigenvalue weighted by molar-refractivity contribution is -0.145. The molecular weight excluding hydrogens is 571 g/mol. The third kappa shape index (κ3) is 6.34. The first-order valence-electron chi connectivity index (χ1n) is 16.0. The number of likely N-dealkylation sites (tertiary alicyclic amines) is 1. The second-order valence-electron chi connectivity index (χ2n) is 12.4. The topological polar surface area (TPSA) is 84.9 Å². The number of rotatable bonds is 9. The number of aryl methyl sites for hydroxylation is 1. The molecule has 7 rings (SSSR count). The summed E-state index contributed by atoms with van der Waals surface area (Å²) in [7, 11) is 0. The highest BCUT2D eigenvalue weighted by Gasteiger charge is 2.37. The molecule has 3 aliphatic rings. The van der Waals surface area contributed by atoms with E-state index in [0.717, 1.165) is 44.2 Å². The summed E-state index contributed by atoms with van der Waals surface area (Å²) >= 11 is 0. The Morgan fingerprint density at radius 2 is 1.84 bits per heavy atom. The number of carbonyl (C=O) groups excluding carboxylic acids is 2. The molecular formula is C36H37FN4O4. The van der Waals surface area contributed by atoms with Crippen LogP contribution >= 0.6 is 0 Å². The van der Waals surface area contributed by atoms with E-state index in [2.05, 4.69) is 22.1 Å². The van der Waals surface area contributed by atoms with Crippen LogP contribution in [0.4, 0.5) is 4.39 Å². The highest BCUT2D eigenvalue weighted by atomic mass is 19.1. The maximum absolute atomic E-state index is 15.1. The largest absolute Gasteiger partial charge is 0.480 e. The fraction of sp³-hybridized carbons (Fsp3) is 0.389. The van der Waals surface area contributed by atoms with Crippen molar-refractivity contribution in [1.82, 2.24) is 19.8 Å². The number of hydrogen-bond acceptors (Lipinski definition) is 6. The molecule has 0 N–H and O–H groups in total. The second kappa shape index (κ2) is 12.8. The highest BCUT2D eigenvalue weighted by molar-refractivity contribution is 5.87. The van der Waals surface area contributed by atoms with Crippen LogP contribution in [0.15, 0.2) is 73.1 Å². The summed E-state index contributed by atoms with van der Waals surface area (Å²) in [6.07, 6.45) is 8.79. The number of hydrogen-bond donors (Lipinski definition) is 0. The number of pyridine rings is 2. The highest BCUT2D eigenvalue weighted by Crippen LogP contribution is 2.41. The number of nitrogens with zero attached hydrogens (tertiary/aromatic N) is 4. The molecule has 232 valence electrons. The molecule has 2 aromatic heterocycles. The van der Waals surface area contributed by atoms with Crippen LogP contribution < -0.4 is 9.47 Å². The average Bonchev–Trinajstić information content (AvgIpc) is 3.59. The Morgan fingerprint density at radius 3 is 2.62 bits per heavy atom. The molecule has 2 fully saturated rings. The third-order valence-electron chi connectivity index (χ3n) is 9.48. The van der Waals surface area contributed by atoms with Crippen LogP contribution in [0.3, 0.4) is 0 Å². The quantitative estimate of drug-likeness (QED) is 0.222. The van der Waals surface area contributed by atoms with E-state index < -0.39 is 11.9 Å². The molecule has 1 aliphatic carbocycles. The van der Waals surface area contributed by atoms with Crippen LogP contribution in [0.2, 0.25) is 0 Å². The molecule has 2 aliphatic heterocycles. The van der Waals surface area contributed by atoms with Crippen LogP contribution in [0.1, 0.15) is 55.6 Å². The van der Waals surface area contributed by atoms with Gasteiger partial charge in [-0.2, -0.15) is 0 Å². The normalized spacial score (nSPS) is 18.5. The maximum Gasteiger partial charge on any atom is 0.264 e. The predicted molar refractivity (Wildman–Crippen MR) is 168 cm³/mol. The van der Waals surface area contributed by atoms with Gasteiger partial charge in [-0.15, -0.1) is 0 Å². The van der Waals surface area contributed by atoms with Crippen LogP contribution in [-0.4, -0.2) is 63.9 Å². The summed E-state index contributed by atoms with van der Waals surface area (Å²) in [6.45, 7) is 1.95. The van der Waals surface area contributed by atoms with Gasteiger partial charge in [0.05, 0.1) is 18.3 Å². The number of aromatic nitrogens is 2. The molecule has 4 heterocycles. The monoisotopic (exact) mass is 608 g/mol. The van der Waals surface area contributed by atoms with E-state index in [9.17, 15) is 9.59 Å². The zero-order valence-electron chi connectivity index (χ0n) is 25.2. The third-order valence-corrected chi connectivity index (χ3v) is 9.48. The molecule has 1 unspecified atom stereocenters. The van der Waals surface area contributed by atoms with Crippen molar-refractivity contribution in [2.45, 2.75) is 57.0 Å². The lowest BCUT2D eigenvalue weighted by atomic mass is 9.72. The van der Waals surface area contributed by atoms with Crippen LogP contribution in [0, 0.1) is 11.7 Å². The Kier molecular flexibility index (Phi) is 8.33. The molecule has 1 saturated heterocycles. The number of ether oxygens (including phenoxy) is 2. The van der Waals surface area contributed by atoms with Crippen LogP contribution in [-0.2, 0) is 16.0 Å². The van der Waals surface area contributed by atoms with Gasteiger partial charge in [0.15, 0.2) is 17.7 Å². The number of fused-ring (bicyclic) bond motifs is 2. The predicted octanol–water partition coefficient (Wildman–Crippen LogP) is 6.29. The smallest absolute Gasteiger partial charge is 0.264 e. The van der Waals surface area contributed by atoms with Crippen LogP contribution in [0.25, 0.3) is 10.9 Å². The van der Waals surface area contributed by atoms with Gasteiger partial charge in [0.2, 0.25) is 11.8 Å². The average molecular weight is 609 g/mol. The van der Waals surface area contributed by atoms with Crippen molar-refractivity contribution < 1.29 is 23.5 Å². The van der Waals surface area contributed by atoms with Gasteiger partial charge in [-0.3, -0.25) is 14.6 Å². The molecule has 8 nitrogen and oxygen atoms in total. The molecule has 1 saturated carbocycles. The zero-order chi connectivity index (χ0) is 30.8. The molecule has 9 heteroatoms. The van der Waals surface area contributed by atoms with E-state index in [1.165, 1.54) is 24.1 Å². The Labute approximate surface area is 262 Å². The van der Waals surface area contributed by atoms with E-state index in [4.69, 9.17) is 9.47 Å². The van der Waals surface area contributed by atoms with E-state index in [-0.39, 0.29) is 35.9 Å². The van der Waals surface area contributed by atoms with E-state index >= 15 is 4.39 Å². The molecule has 0 spiro atoms. The molecule has 45 heavy (non-hydrogen) atoms. The summed E-state index contributed by atoms with van der Waals surface area (Å²) in [6, 6.07) is 18.6. The molecule has 0 bridgehead atoms. The minimum absolute atomic E-state index is 0.0201. The number of halogens is 1. The summed E-state index contributed by atoms with van der Waals surface area (Å²) in [4.78, 5) is 39.7. The Morgan fingerprint density at radius 1 is 1.02 bits per heavy atom. The lowest BCUT2D eigenvalue weighted by Crippen LogP contribution is -2.50. The van der Waals surface area contributed by atoms with Gasteiger partial charge in [-0.05, 0) is 73.8 Å². The maximum atomic E-state index is 15.1. The summed E-state index contributed by atoms with van der Waals surface area (Å²) in [5.74, 6) is 0.462. The fourth-order valence-electron chi connectivity index (χ4n) is 6.72. The lowest BCUT2D eigenvalue weighted by Gasteiger charge is -2.39. The molecule has 0 radical (unpaired) electrons. The standard InChI is InChI=1S/C36H37FN4O4/c37-29-19-27-11-13-31(44-32(27)20-33(29)45-34-14-12-26-15-16-38-21-30(26)39-34)36(43)41(23-35(42)40-17-4-5-18-40)22-28(25-9-6-10-25)24-7-2-1-3-8-24/h1-3,7-8,12,14-16,19-21,25,28,31H,4-6,9-11,13,17-18,22-23H2/t28-,31?/m0/s1. The Bertz CT molecular complexity index is 1690. The van der Waals surface area contributed by atoms with E-state index in [1.807, 2.05) is 35.2 Å². The summed E-state index contributed by atoms with van der Waals surface area (Å²) in [5, 5.41) is 0.896. The minimum atomic E-state index is -0.787. The van der Waals surface area contributed by atoms with Crippen molar-refractivity contribution in [3.63, 3.8) is 0 Å². The second-order valence-corrected chi connectivity index (χ2v) is 12.4. The summed E-state index contributed by atoms with van der Waals surface area (Å²) in [5.41, 5.74) is 2.50. The summed E-state index contributed by atoms with van der Waals surface area (Å²) < 4.78 is 27.3. The zero-order valence-corrected chi connectivity index (χ0v) is 25.2. The van der Waals surface area contributed by atoms with Crippen molar-refractivity contribution in [2.24, 2.45) is 5.92 Å².